The van der Waals surface area contributed by atoms with Gasteiger partial charge in [-0.05, 0) is 42.8 Å². The molecule has 0 unspecified atom stereocenters. The van der Waals surface area contributed by atoms with Gasteiger partial charge in [0.2, 0.25) is 0 Å². The van der Waals surface area contributed by atoms with Gasteiger partial charge in [-0.2, -0.15) is 0 Å². The standard InChI is InChI=1S/C20H20N2O3/c23-13-14-6-11-18(12-14)22-20(25)16-9-7-15(8-10-16)19(24)21-17-4-2-1-3-5-17/h1-11,14,18,23H,12-13H2,(H,21,24)(H,22,25)/t14-,18+/m0/s1. The highest BCUT2D eigenvalue weighted by Gasteiger charge is 2.20. The lowest BCUT2D eigenvalue weighted by atomic mass is 10.1. The number of amides is 2. The normalized spacial score (nSPS) is 18.8. The number of anilines is 1. The van der Waals surface area contributed by atoms with Gasteiger partial charge < -0.3 is 15.7 Å². The van der Waals surface area contributed by atoms with E-state index in [9.17, 15) is 9.59 Å². The van der Waals surface area contributed by atoms with Crippen molar-refractivity contribution >= 4 is 17.5 Å². The van der Waals surface area contributed by atoms with Crippen molar-refractivity contribution in [1.29, 1.82) is 0 Å². The first-order chi connectivity index (χ1) is 12.2. The van der Waals surface area contributed by atoms with Crippen LogP contribution in [0.2, 0.25) is 0 Å². The number of carbonyl (C=O) groups excluding carboxylic acids is 2. The van der Waals surface area contributed by atoms with Crippen molar-refractivity contribution in [1.82, 2.24) is 5.32 Å². The van der Waals surface area contributed by atoms with Crippen molar-refractivity contribution in [2.45, 2.75) is 12.5 Å². The van der Waals surface area contributed by atoms with Gasteiger partial charge in [-0.25, -0.2) is 0 Å². The smallest absolute Gasteiger partial charge is 0.255 e. The maximum Gasteiger partial charge on any atom is 0.255 e. The lowest BCUT2D eigenvalue weighted by Crippen LogP contribution is -2.32. The molecule has 0 radical (unpaired) electrons. The second-order valence-corrected chi connectivity index (χ2v) is 6.04. The maximum atomic E-state index is 12.3. The predicted octanol–water partition coefficient (Wildman–Crippen LogP) is 2.61. The van der Waals surface area contributed by atoms with Gasteiger partial charge in [0.15, 0.2) is 0 Å². The van der Waals surface area contributed by atoms with Gasteiger partial charge in [0.1, 0.15) is 0 Å². The summed E-state index contributed by atoms with van der Waals surface area (Å²) in [6, 6.07) is 15.7. The number of benzene rings is 2. The third-order valence-electron chi connectivity index (χ3n) is 4.16. The summed E-state index contributed by atoms with van der Waals surface area (Å²) in [7, 11) is 0. The Kier molecular flexibility index (Phi) is 5.26. The Bertz CT molecular complexity index is 769. The highest BCUT2D eigenvalue weighted by Crippen LogP contribution is 2.17. The molecule has 2 atom stereocenters. The van der Waals surface area contributed by atoms with Crippen molar-refractivity contribution in [2.75, 3.05) is 11.9 Å². The third kappa shape index (κ3) is 4.33. The fourth-order valence-corrected chi connectivity index (χ4v) is 2.77. The number of aliphatic hydroxyl groups excluding tert-OH is 1. The Labute approximate surface area is 146 Å². The van der Waals surface area contributed by atoms with Crippen LogP contribution in [0.5, 0.6) is 0 Å². The summed E-state index contributed by atoms with van der Waals surface area (Å²) in [5.41, 5.74) is 1.71. The molecule has 0 spiro atoms. The second-order valence-electron chi connectivity index (χ2n) is 6.04. The number of hydrogen-bond donors (Lipinski definition) is 3. The largest absolute Gasteiger partial charge is 0.396 e. The van der Waals surface area contributed by atoms with Crippen LogP contribution in [-0.2, 0) is 0 Å². The van der Waals surface area contributed by atoms with Gasteiger partial charge in [0, 0.05) is 35.4 Å². The first kappa shape index (κ1) is 16.9. The SMILES string of the molecule is O=C(Nc1ccccc1)c1ccc(C(=O)N[C@@H]2C=C[C@H](CO)C2)cc1. The molecule has 3 rings (SSSR count). The summed E-state index contributed by atoms with van der Waals surface area (Å²) in [6.45, 7) is 0.0914. The highest BCUT2D eigenvalue weighted by atomic mass is 16.3. The number of carbonyl (C=O) groups is 2. The molecule has 1 aliphatic rings. The molecule has 2 aromatic rings. The third-order valence-corrected chi connectivity index (χ3v) is 4.16. The number of hydrogen-bond acceptors (Lipinski definition) is 3. The Morgan fingerprint density at radius 2 is 1.56 bits per heavy atom. The molecule has 2 aromatic carbocycles. The monoisotopic (exact) mass is 336 g/mol. The molecular formula is C20H20N2O3. The van der Waals surface area contributed by atoms with Crippen molar-refractivity contribution in [2.24, 2.45) is 5.92 Å². The van der Waals surface area contributed by atoms with Crippen LogP contribution in [-0.4, -0.2) is 29.6 Å². The molecule has 0 aromatic heterocycles. The quantitative estimate of drug-likeness (QED) is 0.735. The lowest BCUT2D eigenvalue weighted by molar-refractivity contribution is 0.0939. The summed E-state index contributed by atoms with van der Waals surface area (Å²) in [4.78, 5) is 24.5. The summed E-state index contributed by atoms with van der Waals surface area (Å²) < 4.78 is 0. The molecule has 0 heterocycles. The average Bonchev–Trinajstić information content (AvgIpc) is 3.10. The molecule has 0 fully saturated rings. The molecule has 2 amide bonds. The zero-order valence-electron chi connectivity index (χ0n) is 13.7. The zero-order chi connectivity index (χ0) is 17.6. The Hall–Kier alpha value is -2.92. The van der Waals surface area contributed by atoms with Crippen LogP contribution in [0.4, 0.5) is 5.69 Å². The first-order valence-corrected chi connectivity index (χ1v) is 8.22. The van der Waals surface area contributed by atoms with Crippen molar-refractivity contribution < 1.29 is 14.7 Å². The van der Waals surface area contributed by atoms with Gasteiger partial charge in [-0.15, -0.1) is 0 Å². The van der Waals surface area contributed by atoms with Crippen LogP contribution in [0.3, 0.4) is 0 Å². The van der Waals surface area contributed by atoms with Crippen LogP contribution in [0.25, 0.3) is 0 Å². The van der Waals surface area contributed by atoms with Crippen LogP contribution in [0.15, 0.2) is 66.7 Å². The van der Waals surface area contributed by atoms with E-state index in [2.05, 4.69) is 10.6 Å². The van der Waals surface area contributed by atoms with E-state index in [1.165, 1.54) is 0 Å². The Balaban J connectivity index is 1.59. The number of nitrogens with one attached hydrogen (secondary N) is 2. The van der Waals surface area contributed by atoms with Gasteiger partial charge in [-0.1, -0.05) is 30.4 Å². The molecule has 0 bridgehead atoms. The topological polar surface area (TPSA) is 78.4 Å². The molecule has 0 aliphatic heterocycles. The molecular weight excluding hydrogens is 316 g/mol. The molecule has 0 saturated heterocycles. The van der Waals surface area contributed by atoms with Gasteiger partial charge in [0.05, 0.1) is 0 Å². The van der Waals surface area contributed by atoms with E-state index in [1.54, 1.807) is 24.3 Å². The van der Waals surface area contributed by atoms with E-state index in [0.717, 1.165) is 5.69 Å². The van der Waals surface area contributed by atoms with Crippen LogP contribution in [0, 0.1) is 5.92 Å². The average molecular weight is 336 g/mol. The summed E-state index contributed by atoms with van der Waals surface area (Å²) in [5, 5.41) is 14.8. The minimum Gasteiger partial charge on any atom is -0.396 e. The first-order valence-electron chi connectivity index (χ1n) is 8.22. The van der Waals surface area contributed by atoms with E-state index in [1.807, 2.05) is 42.5 Å². The summed E-state index contributed by atoms with van der Waals surface area (Å²) >= 11 is 0. The minimum atomic E-state index is -0.220. The highest BCUT2D eigenvalue weighted by molar-refractivity contribution is 6.05. The van der Waals surface area contributed by atoms with Crippen molar-refractivity contribution in [3.63, 3.8) is 0 Å². The van der Waals surface area contributed by atoms with Crippen molar-refractivity contribution in [3.8, 4) is 0 Å². The summed E-state index contributed by atoms with van der Waals surface area (Å²) in [6.07, 6.45) is 4.53. The molecule has 25 heavy (non-hydrogen) atoms. The summed E-state index contributed by atoms with van der Waals surface area (Å²) in [5.74, 6) is -0.305. The molecule has 1 aliphatic carbocycles. The second kappa shape index (κ2) is 7.77. The van der Waals surface area contributed by atoms with E-state index in [4.69, 9.17) is 5.11 Å². The Morgan fingerprint density at radius 3 is 2.16 bits per heavy atom. The predicted molar refractivity (Wildman–Crippen MR) is 96.4 cm³/mol. The van der Waals surface area contributed by atoms with Crippen LogP contribution >= 0.6 is 0 Å². The van der Waals surface area contributed by atoms with E-state index < -0.39 is 0 Å². The zero-order valence-corrected chi connectivity index (χ0v) is 13.7. The Morgan fingerprint density at radius 1 is 0.920 bits per heavy atom. The minimum absolute atomic E-state index is 0.0642. The van der Waals surface area contributed by atoms with E-state index in [-0.39, 0.29) is 30.4 Å². The maximum absolute atomic E-state index is 12.3. The van der Waals surface area contributed by atoms with E-state index >= 15 is 0 Å². The number of aliphatic hydroxyl groups is 1. The fraction of sp³-hybridized carbons (Fsp3) is 0.200. The van der Waals surface area contributed by atoms with Crippen LogP contribution < -0.4 is 10.6 Å². The fourth-order valence-electron chi connectivity index (χ4n) is 2.77. The van der Waals surface area contributed by atoms with Gasteiger partial charge in [-0.3, -0.25) is 9.59 Å². The van der Waals surface area contributed by atoms with E-state index in [0.29, 0.717) is 17.5 Å². The lowest BCUT2D eigenvalue weighted by Gasteiger charge is -2.13. The number of rotatable bonds is 5. The van der Waals surface area contributed by atoms with Crippen molar-refractivity contribution in [3.05, 3.63) is 77.9 Å². The number of para-hydroxylation sites is 1. The molecule has 5 heteroatoms. The molecule has 0 saturated carbocycles. The molecule has 5 nitrogen and oxygen atoms in total. The van der Waals surface area contributed by atoms with Gasteiger partial charge in [0.25, 0.3) is 11.8 Å². The molecule has 3 N–H and O–H groups in total. The van der Waals surface area contributed by atoms with Crippen LogP contribution in [0.1, 0.15) is 27.1 Å². The molecule has 128 valence electrons. The van der Waals surface area contributed by atoms with Gasteiger partial charge >= 0.3 is 0 Å².